The SMILES string of the molecule is CN(CC1C2CC3CC(C2)CC1C3)S(=O)(=O)C(F)(F)F. The summed E-state index contributed by atoms with van der Waals surface area (Å²) in [5, 5.41) is 0. The van der Waals surface area contributed by atoms with Gasteiger partial charge in [-0.15, -0.1) is 0 Å². The van der Waals surface area contributed by atoms with E-state index < -0.39 is 15.5 Å². The second-order valence-corrected chi connectivity index (χ2v) is 8.86. The van der Waals surface area contributed by atoms with Gasteiger partial charge in [0.15, 0.2) is 0 Å². The number of halogens is 3. The normalized spacial score (nSPS) is 40.5. The summed E-state index contributed by atoms with van der Waals surface area (Å²) < 4.78 is 61.1. The fourth-order valence-corrected chi connectivity index (χ4v) is 5.63. The largest absolute Gasteiger partial charge is 0.511 e. The van der Waals surface area contributed by atoms with Crippen LogP contribution in [0, 0.1) is 29.6 Å². The summed E-state index contributed by atoms with van der Waals surface area (Å²) >= 11 is 0. The first-order valence-electron chi connectivity index (χ1n) is 7.21. The van der Waals surface area contributed by atoms with Crippen LogP contribution >= 0.6 is 0 Å². The smallest absolute Gasteiger partial charge is 0.203 e. The molecule has 0 aliphatic heterocycles. The van der Waals surface area contributed by atoms with Gasteiger partial charge in [0.1, 0.15) is 0 Å². The van der Waals surface area contributed by atoms with Crippen LogP contribution in [0.15, 0.2) is 0 Å². The van der Waals surface area contributed by atoms with Gasteiger partial charge in [0.05, 0.1) is 0 Å². The molecule has 20 heavy (non-hydrogen) atoms. The molecule has 0 heterocycles. The molecule has 0 saturated heterocycles. The lowest BCUT2D eigenvalue weighted by molar-refractivity contribution is -0.0562. The van der Waals surface area contributed by atoms with E-state index in [-0.39, 0.29) is 12.5 Å². The lowest BCUT2D eigenvalue weighted by Gasteiger charge is -2.55. The van der Waals surface area contributed by atoms with Crippen molar-refractivity contribution in [3.05, 3.63) is 0 Å². The lowest BCUT2D eigenvalue weighted by Crippen LogP contribution is -2.50. The Morgan fingerprint density at radius 3 is 1.85 bits per heavy atom. The van der Waals surface area contributed by atoms with Crippen molar-refractivity contribution in [3.63, 3.8) is 0 Å². The van der Waals surface area contributed by atoms with Crippen LogP contribution in [0.25, 0.3) is 0 Å². The van der Waals surface area contributed by atoms with Gasteiger partial charge in [-0.1, -0.05) is 0 Å². The molecule has 3 nitrogen and oxygen atoms in total. The van der Waals surface area contributed by atoms with Crippen LogP contribution in [0.1, 0.15) is 32.1 Å². The summed E-state index contributed by atoms with van der Waals surface area (Å²) in [6.07, 6.45) is 5.60. The van der Waals surface area contributed by atoms with Crippen molar-refractivity contribution in [3.8, 4) is 0 Å². The minimum absolute atomic E-state index is 0.0244. The molecule has 0 aromatic heterocycles. The van der Waals surface area contributed by atoms with Gasteiger partial charge < -0.3 is 0 Å². The van der Waals surface area contributed by atoms with Crippen molar-refractivity contribution in [1.29, 1.82) is 0 Å². The summed E-state index contributed by atoms with van der Waals surface area (Å²) in [5.41, 5.74) is -5.19. The van der Waals surface area contributed by atoms with Gasteiger partial charge in [-0.2, -0.15) is 17.5 Å². The molecule has 0 radical (unpaired) electrons. The number of hydrogen-bond acceptors (Lipinski definition) is 2. The average Bonchev–Trinajstić information content (AvgIpc) is 2.31. The number of alkyl halides is 3. The molecule has 0 aromatic carbocycles. The Morgan fingerprint density at radius 2 is 1.45 bits per heavy atom. The van der Waals surface area contributed by atoms with Gasteiger partial charge >= 0.3 is 15.5 Å². The van der Waals surface area contributed by atoms with Crippen LogP contribution in [0.3, 0.4) is 0 Å². The topological polar surface area (TPSA) is 37.4 Å². The Labute approximate surface area is 117 Å². The predicted molar refractivity (Wildman–Crippen MR) is 68.1 cm³/mol. The molecule has 4 aliphatic rings. The van der Waals surface area contributed by atoms with E-state index >= 15 is 0 Å². The Bertz CT molecular complexity index is 460. The zero-order valence-electron chi connectivity index (χ0n) is 11.4. The van der Waals surface area contributed by atoms with Gasteiger partial charge in [0.2, 0.25) is 0 Å². The molecular formula is C13H20F3NO2S. The van der Waals surface area contributed by atoms with E-state index in [0.717, 1.165) is 44.6 Å². The highest BCUT2D eigenvalue weighted by atomic mass is 32.2. The summed E-state index contributed by atoms with van der Waals surface area (Å²) in [7, 11) is -4.11. The van der Waals surface area contributed by atoms with Gasteiger partial charge in [0.25, 0.3) is 0 Å². The molecule has 0 N–H and O–H groups in total. The van der Waals surface area contributed by atoms with E-state index in [1.165, 1.54) is 6.42 Å². The Morgan fingerprint density at radius 1 is 1.00 bits per heavy atom. The van der Waals surface area contributed by atoms with Gasteiger partial charge in [-0.3, -0.25) is 0 Å². The number of hydrogen-bond donors (Lipinski definition) is 0. The van der Waals surface area contributed by atoms with Crippen molar-refractivity contribution in [2.45, 2.75) is 37.6 Å². The van der Waals surface area contributed by atoms with Crippen LogP contribution in [-0.4, -0.2) is 31.8 Å². The zero-order valence-corrected chi connectivity index (χ0v) is 12.3. The maximum atomic E-state index is 12.6. The predicted octanol–water partition coefficient (Wildman–Crippen LogP) is 2.84. The summed E-state index contributed by atoms with van der Waals surface area (Å²) in [6, 6.07) is 0. The molecule has 0 amide bonds. The van der Waals surface area contributed by atoms with E-state index in [1.807, 2.05) is 0 Å². The summed E-state index contributed by atoms with van der Waals surface area (Å²) in [4.78, 5) is 0. The average molecular weight is 311 g/mol. The second-order valence-electron chi connectivity index (χ2n) is 6.83. The fourth-order valence-electron chi connectivity index (χ4n) is 4.91. The van der Waals surface area contributed by atoms with E-state index in [2.05, 4.69) is 0 Å². The van der Waals surface area contributed by atoms with Crippen molar-refractivity contribution in [1.82, 2.24) is 4.31 Å². The molecule has 4 fully saturated rings. The van der Waals surface area contributed by atoms with Crippen molar-refractivity contribution >= 4 is 10.0 Å². The standard InChI is InChI=1S/C13H20F3NO2S/c1-17(20(18,19)13(14,15)16)7-12-10-3-8-2-9(5-10)6-11(12)4-8/h8-12H,2-7H2,1H3. The third-order valence-electron chi connectivity index (χ3n) is 5.59. The van der Waals surface area contributed by atoms with Crippen LogP contribution in [0.2, 0.25) is 0 Å². The monoisotopic (exact) mass is 311 g/mol. The molecule has 7 heteroatoms. The van der Waals surface area contributed by atoms with Gasteiger partial charge in [-0.25, -0.2) is 8.42 Å². The first-order chi connectivity index (χ1) is 9.18. The molecular weight excluding hydrogens is 291 g/mol. The van der Waals surface area contributed by atoms with Crippen molar-refractivity contribution < 1.29 is 21.6 Å². The molecule has 0 spiro atoms. The minimum Gasteiger partial charge on any atom is -0.203 e. The Balaban J connectivity index is 1.72. The fraction of sp³-hybridized carbons (Fsp3) is 1.00. The summed E-state index contributed by atoms with van der Waals surface area (Å²) in [6.45, 7) is 0.0244. The highest BCUT2D eigenvalue weighted by molar-refractivity contribution is 7.89. The van der Waals surface area contributed by atoms with E-state index in [9.17, 15) is 21.6 Å². The van der Waals surface area contributed by atoms with E-state index in [4.69, 9.17) is 0 Å². The molecule has 0 aromatic rings. The second kappa shape index (κ2) is 4.60. The first-order valence-corrected chi connectivity index (χ1v) is 8.65. The maximum absolute atomic E-state index is 12.6. The molecule has 4 aliphatic carbocycles. The van der Waals surface area contributed by atoms with Gasteiger partial charge in [-0.05, 0) is 61.7 Å². The molecule has 4 saturated carbocycles. The summed E-state index contributed by atoms with van der Waals surface area (Å²) in [5.74, 6) is 2.44. The highest BCUT2D eigenvalue weighted by Crippen LogP contribution is 2.56. The third kappa shape index (κ3) is 2.26. The molecule has 0 atom stereocenters. The lowest BCUT2D eigenvalue weighted by atomic mass is 9.52. The molecule has 4 bridgehead atoms. The molecule has 116 valence electrons. The first kappa shape index (κ1) is 14.6. The van der Waals surface area contributed by atoms with Crippen LogP contribution in [0.5, 0.6) is 0 Å². The Hall–Kier alpha value is -0.300. The van der Waals surface area contributed by atoms with Gasteiger partial charge in [0, 0.05) is 13.6 Å². The van der Waals surface area contributed by atoms with E-state index in [1.54, 1.807) is 0 Å². The van der Waals surface area contributed by atoms with Crippen LogP contribution < -0.4 is 0 Å². The van der Waals surface area contributed by atoms with Crippen molar-refractivity contribution in [2.24, 2.45) is 29.6 Å². The minimum atomic E-state index is -5.19. The van der Waals surface area contributed by atoms with E-state index in [0.29, 0.717) is 16.1 Å². The molecule has 0 unspecified atom stereocenters. The maximum Gasteiger partial charge on any atom is 0.511 e. The molecule has 4 rings (SSSR count). The Kier molecular flexibility index (Phi) is 3.36. The third-order valence-corrected chi connectivity index (χ3v) is 7.15. The number of rotatable bonds is 3. The number of sulfonamides is 1. The number of nitrogens with zero attached hydrogens (tertiary/aromatic N) is 1. The van der Waals surface area contributed by atoms with Crippen molar-refractivity contribution in [2.75, 3.05) is 13.6 Å². The highest BCUT2D eigenvalue weighted by Gasteiger charge is 2.52. The van der Waals surface area contributed by atoms with Crippen LogP contribution in [-0.2, 0) is 10.0 Å². The quantitative estimate of drug-likeness (QED) is 0.804. The van der Waals surface area contributed by atoms with Crippen LogP contribution in [0.4, 0.5) is 13.2 Å². The zero-order chi connectivity index (χ0) is 14.7.